The summed E-state index contributed by atoms with van der Waals surface area (Å²) < 4.78 is 19.5. The molecule has 356 valence electrons. The van der Waals surface area contributed by atoms with Crippen LogP contribution in [0.15, 0.2) is 58.1 Å². The Bertz CT molecular complexity index is 3240. The number of phenols is 1. The topological polar surface area (TPSA) is 192 Å². The Morgan fingerprint density at radius 3 is 1.50 bits per heavy atom. The van der Waals surface area contributed by atoms with Gasteiger partial charge < -0.3 is 38.7 Å². The van der Waals surface area contributed by atoms with Gasteiger partial charge in [0.05, 0.1) is 64.6 Å². The first kappa shape index (κ1) is 47.1. The summed E-state index contributed by atoms with van der Waals surface area (Å²) in [5.74, 6) is -0.438. The van der Waals surface area contributed by atoms with Crippen molar-refractivity contribution in [2.45, 2.75) is 135 Å². The number of carbonyl (C=O) groups is 2. The van der Waals surface area contributed by atoms with E-state index in [2.05, 4.69) is 45.3 Å². The van der Waals surface area contributed by atoms with Gasteiger partial charge in [-0.15, -0.1) is 0 Å². The van der Waals surface area contributed by atoms with Crippen LogP contribution in [0.1, 0.15) is 78.1 Å². The van der Waals surface area contributed by atoms with Crippen molar-refractivity contribution >= 4 is 49.9 Å². The normalized spacial score (nSPS) is 19.0. The molecule has 2 aromatic carbocycles. The van der Waals surface area contributed by atoms with Crippen LogP contribution in [0.5, 0.6) is 11.5 Å². The number of benzene rings is 2. The standard InChI is InChI=1S/C27H32N2O5Si.C25H28N2O5Si/c1-6-27(32)21-13-23-24-19(14-29(23)25(30)20(21)15-34-26(27)31)17(10-11-35(3,4)5)18-12-16(33-7-2)8-9-22(18)28-24;1-5-25(31)19-11-21-22-17(12-27(21)23(29)18(19)13-32-24(25)30)15(8-9-33(2,3)4)16-10-14(28)6-7-20(16)26-22/h8-9,12-13,32H,6-7,10-11,14-15H2,1-5H3;6-7,10-11,28,31H,5,8-9,12-13H2,1-4H3/t27-;25-/m00/s1. The van der Waals surface area contributed by atoms with E-state index in [0.717, 1.165) is 74.9 Å². The second-order valence-corrected chi connectivity index (χ2v) is 32.2. The van der Waals surface area contributed by atoms with Crippen LogP contribution in [-0.2, 0) is 69.4 Å². The number of aromatic hydroxyl groups is 1. The van der Waals surface area contributed by atoms with Crippen molar-refractivity contribution in [2.75, 3.05) is 6.61 Å². The molecular formula is C52H60N4O10Si2. The summed E-state index contributed by atoms with van der Waals surface area (Å²) >= 11 is 0. The summed E-state index contributed by atoms with van der Waals surface area (Å²) in [6, 6.07) is 16.8. The number of carbonyl (C=O) groups excluding carboxylic acids is 2. The highest BCUT2D eigenvalue weighted by molar-refractivity contribution is 6.76. The number of rotatable bonds is 10. The lowest BCUT2D eigenvalue weighted by Gasteiger charge is -2.31. The Hall–Kier alpha value is -5.95. The van der Waals surface area contributed by atoms with Gasteiger partial charge >= 0.3 is 11.9 Å². The van der Waals surface area contributed by atoms with Gasteiger partial charge in [0.2, 0.25) is 0 Å². The minimum atomic E-state index is -1.84. The predicted octanol–water partition coefficient (Wildman–Crippen LogP) is 8.02. The summed E-state index contributed by atoms with van der Waals surface area (Å²) in [6.07, 6.45) is 1.97. The molecular weight excluding hydrogens is 897 g/mol. The Labute approximate surface area is 396 Å². The molecule has 0 bridgehead atoms. The summed E-state index contributed by atoms with van der Waals surface area (Å²) in [7, 11) is -2.70. The van der Waals surface area contributed by atoms with E-state index in [9.17, 15) is 34.5 Å². The SMILES string of the molecule is CCOc1ccc2nc3c(c(CC[Si](C)(C)C)c2c1)Cn1c-3cc2c(c1=O)COC(=O)[C@]2(O)CC.CC[C@@]1(O)C(=O)OCc2c1cc1n(c2=O)Cc2c-1nc1ccc(O)cc1c2CC[Si](C)(C)C. The number of aliphatic hydroxyl groups is 2. The van der Waals surface area contributed by atoms with Gasteiger partial charge in [-0.2, -0.15) is 0 Å². The summed E-state index contributed by atoms with van der Waals surface area (Å²) in [5, 5.41) is 34.3. The third-order valence-corrected chi connectivity index (χ3v) is 17.6. The van der Waals surface area contributed by atoms with Crippen LogP contribution in [0.3, 0.4) is 0 Å². The number of pyridine rings is 4. The minimum Gasteiger partial charge on any atom is -0.508 e. The molecule has 0 unspecified atom stereocenters. The maximum Gasteiger partial charge on any atom is 0.343 e. The summed E-state index contributed by atoms with van der Waals surface area (Å²) in [6.45, 7) is 20.5. The van der Waals surface area contributed by atoms with E-state index in [1.165, 1.54) is 5.56 Å². The van der Waals surface area contributed by atoms with E-state index in [4.69, 9.17) is 24.2 Å². The molecule has 4 aliphatic heterocycles. The number of aromatic nitrogens is 4. The highest BCUT2D eigenvalue weighted by Crippen LogP contribution is 2.43. The Morgan fingerprint density at radius 1 is 0.632 bits per heavy atom. The minimum absolute atomic E-state index is 0.112. The largest absolute Gasteiger partial charge is 0.508 e. The number of phenolic OH excluding ortho intramolecular Hbond substituents is 1. The molecule has 4 aliphatic rings. The average Bonchev–Trinajstić information content (AvgIpc) is 3.85. The highest BCUT2D eigenvalue weighted by Gasteiger charge is 2.47. The van der Waals surface area contributed by atoms with Crippen molar-refractivity contribution in [1.29, 1.82) is 0 Å². The summed E-state index contributed by atoms with van der Waals surface area (Å²) in [4.78, 5) is 61.7. The second-order valence-electron chi connectivity index (χ2n) is 21.0. The fourth-order valence-corrected chi connectivity index (χ4v) is 12.1. The molecule has 0 saturated carbocycles. The van der Waals surface area contributed by atoms with Crippen LogP contribution in [-0.4, -0.2) is 69.1 Å². The zero-order chi connectivity index (χ0) is 48.8. The fourth-order valence-electron chi connectivity index (χ4n) is 10.1. The summed E-state index contributed by atoms with van der Waals surface area (Å²) in [5.41, 5.74) is 5.81. The number of esters is 2. The van der Waals surface area contributed by atoms with E-state index < -0.39 is 39.3 Å². The third-order valence-electron chi connectivity index (χ3n) is 14.1. The average molecular weight is 957 g/mol. The van der Waals surface area contributed by atoms with Crippen molar-refractivity contribution in [1.82, 2.24) is 19.1 Å². The number of nitrogens with zero attached hydrogens (tertiary/aromatic N) is 4. The molecule has 14 nitrogen and oxygen atoms in total. The molecule has 8 heterocycles. The molecule has 0 aliphatic carbocycles. The van der Waals surface area contributed by atoms with Crippen LogP contribution in [0, 0.1) is 0 Å². The van der Waals surface area contributed by atoms with Gasteiger partial charge in [-0.1, -0.05) is 65.2 Å². The van der Waals surface area contributed by atoms with Crippen molar-refractivity contribution in [2.24, 2.45) is 0 Å². The maximum atomic E-state index is 13.6. The van der Waals surface area contributed by atoms with E-state index in [0.29, 0.717) is 59.0 Å². The predicted molar refractivity (Wildman–Crippen MR) is 266 cm³/mol. The third kappa shape index (κ3) is 7.88. The molecule has 2 atom stereocenters. The second kappa shape index (κ2) is 16.9. The molecule has 4 aromatic heterocycles. The Kier molecular flexibility index (Phi) is 11.7. The van der Waals surface area contributed by atoms with Gasteiger partial charge in [-0.25, -0.2) is 19.6 Å². The zero-order valence-electron chi connectivity index (χ0n) is 40.4. The van der Waals surface area contributed by atoms with Crippen LogP contribution in [0.25, 0.3) is 44.6 Å². The van der Waals surface area contributed by atoms with Gasteiger partial charge in [0.25, 0.3) is 11.1 Å². The molecule has 0 saturated heterocycles. The molecule has 16 heteroatoms. The van der Waals surface area contributed by atoms with Gasteiger partial charge in [0.1, 0.15) is 24.7 Å². The molecule has 68 heavy (non-hydrogen) atoms. The van der Waals surface area contributed by atoms with Crippen molar-refractivity contribution < 1.29 is 39.1 Å². The number of cyclic esters (lactones) is 2. The molecule has 0 fully saturated rings. The molecule has 6 aromatic rings. The highest BCUT2D eigenvalue weighted by atomic mass is 28.3. The number of hydrogen-bond donors (Lipinski definition) is 3. The molecule has 0 amide bonds. The van der Waals surface area contributed by atoms with Crippen LogP contribution in [0.4, 0.5) is 0 Å². The fraction of sp³-hybridized carbons (Fsp3) is 0.423. The quantitative estimate of drug-likeness (QED) is 0.0885. The lowest BCUT2D eigenvalue weighted by atomic mass is 9.86. The van der Waals surface area contributed by atoms with E-state index in [-0.39, 0.29) is 42.9 Å². The molecule has 3 N–H and O–H groups in total. The van der Waals surface area contributed by atoms with Crippen LogP contribution in [0.2, 0.25) is 51.4 Å². The lowest BCUT2D eigenvalue weighted by Crippen LogP contribution is -2.44. The number of ether oxygens (including phenoxy) is 3. The first-order valence-electron chi connectivity index (χ1n) is 23.7. The van der Waals surface area contributed by atoms with Gasteiger partial charge in [0.15, 0.2) is 11.2 Å². The van der Waals surface area contributed by atoms with Gasteiger partial charge in [-0.3, -0.25) is 9.59 Å². The monoisotopic (exact) mass is 956 g/mol. The Balaban J connectivity index is 0.000000170. The first-order valence-corrected chi connectivity index (χ1v) is 31.1. The van der Waals surface area contributed by atoms with Crippen LogP contribution < -0.4 is 15.9 Å². The molecule has 10 rings (SSSR count). The van der Waals surface area contributed by atoms with Gasteiger partial charge in [-0.05, 0) is 92.3 Å². The first-order chi connectivity index (χ1) is 32.1. The lowest BCUT2D eigenvalue weighted by molar-refractivity contribution is -0.172. The van der Waals surface area contributed by atoms with Gasteiger partial charge in [0, 0.05) is 49.2 Å². The molecule has 0 spiro atoms. The van der Waals surface area contributed by atoms with E-state index in [1.807, 2.05) is 19.1 Å². The van der Waals surface area contributed by atoms with E-state index >= 15 is 0 Å². The Morgan fingerprint density at radius 2 is 1.07 bits per heavy atom. The number of aryl methyl sites for hydroxylation is 2. The van der Waals surface area contributed by atoms with E-state index in [1.54, 1.807) is 53.3 Å². The molecule has 0 radical (unpaired) electrons. The zero-order valence-corrected chi connectivity index (χ0v) is 42.4. The van der Waals surface area contributed by atoms with Crippen molar-refractivity contribution in [3.63, 3.8) is 0 Å². The number of fused-ring (bicyclic) bond motifs is 10. The number of hydrogen-bond acceptors (Lipinski definition) is 12. The maximum absolute atomic E-state index is 13.6. The van der Waals surface area contributed by atoms with Crippen molar-refractivity contribution in [3.8, 4) is 34.3 Å². The van der Waals surface area contributed by atoms with Crippen LogP contribution >= 0.6 is 0 Å². The van der Waals surface area contributed by atoms with Crippen molar-refractivity contribution in [3.05, 3.63) is 114 Å². The smallest absolute Gasteiger partial charge is 0.343 e.